The number of para-hydroxylation sites is 1. The van der Waals surface area contributed by atoms with Gasteiger partial charge in [-0.1, -0.05) is 30.2 Å². The van der Waals surface area contributed by atoms with E-state index in [0.29, 0.717) is 0 Å². The fraction of sp³-hybridized carbons (Fsp3) is 0.467. The molecule has 1 saturated carbocycles. The number of benzene rings is 1. The molecule has 18 heavy (non-hydrogen) atoms. The van der Waals surface area contributed by atoms with Gasteiger partial charge in [0.25, 0.3) is 0 Å². The van der Waals surface area contributed by atoms with Crippen molar-refractivity contribution in [3.8, 4) is 0 Å². The van der Waals surface area contributed by atoms with Gasteiger partial charge in [-0.3, -0.25) is 0 Å². The van der Waals surface area contributed by atoms with E-state index in [-0.39, 0.29) is 0 Å². The highest BCUT2D eigenvalue weighted by Gasteiger charge is 2.17. The third kappa shape index (κ3) is 2.04. The number of aryl methyl sites for hydroxylation is 1. The summed E-state index contributed by atoms with van der Waals surface area (Å²) in [5.74, 6) is 0. The van der Waals surface area contributed by atoms with Crippen LogP contribution in [0.25, 0.3) is 10.9 Å². The number of nitrogens with zero attached hydrogens (tertiary/aromatic N) is 1. The summed E-state index contributed by atoms with van der Waals surface area (Å²) in [6, 6.07) is 6.91. The molecule has 1 aromatic carbocycles. The molecular formula is C15H19ClN2. The van der Waals surface area contributed by atoms with Crippen LogP contribution in [-0.4, -0.2) is 10.6 Å². The van der Waals surface area contributed by atoms with Crippen molar-refractivity contribution in [1.29, 1.82) is 0 Å². The van der Waals surface area contributed by atoms with Crippen LogP contribution in [0.4, 0.5) is 0 Å². The summed E-state index contributed by atoms with van der Waals surface area (Å²) in [5.41, 5.74) is 2.54. The van der Waals surface area contributed by atoms with Crippen LogP contribution in [0.1, 0.15) is 31.7 Å². The SMILES string of the molecule is CCn1cc(CNC2CCC2)c2cccc(Cl)c21. The molecule has 0 spiro atoms. The van der Waals surface area contributed by atoms with E-state index in [9.17, 15) is 0 Å². The maximum absolute atomic E-state index is 6.31. The van der Waals surface area contributed by atoms with Crippen LogP contribution in [0.15, 0.2) is 24.4 Å². The summed E-state index contributed by atoms with van der Waals surface area (Å²) in [6.45, 7) is 4.07. The Balaban J connectivity index is 1.93. The van der Waals surface area contributed by atoms with Gasteiger partial charge in [0.05, 0.1) is 10.5 Å². The van der Waals surface area contributed by atoms with Crippen molar-refractivity contribution in [3.63, 3.8) is 0 Å². The van der Waals surface area contributed by atoms with E-state index in [1.165, 1.54) is 35.7 Å². The van der Waals surface area contributed by atoms with Gasteiger partial charge in [0.2, 0.25) is 0 Å². The lowest BCUT2D eigenvalue weighted by molar-refractivity contribution is 0.338. The molecule has 3 rings (SSSR count). The Hall–Kier alpha value is -0.990. The van der Waals surface area contributed by atoms with Crippen LogP contribution in [-0.2, 0) is 13.1 Å². The molecule has 0 atom stereocenters. The first-order valence-corrected chi connectivity index (χ1v) is 7.17. The molecule has 0 bridgehead atoms. The van der Waals surface area contributed by atoms with Gasteiger partial charge in [-0.15, -0.1) is 0 Å². The van der Waals surface area contributed by atoms with Gasteiger partial charge in [0.1, 0.15) is 0 Å². The average molecular weight is 263 g/mol. The van der Waals surface area contributed by atoms with Crippen molar-refractivity contribution in [1.82, 2.24) is 9.88 Å². The lowest BCUT2D eigenvalue weighted by atomic mass is 9.93. The van der Waals surface area contributed by atoms with Crippen LogP contribution < -0.4 is 5.32 Å². The fourth-order valence-corrected chi connectivity index (χ4v) is 2.93. The molecule has 0 saturated heterocycles. The number of hydrogen-bond donors (Lipinski definition) is 1. The molecule has 96 valence electrons. The molecule has 3 heteroatoms. The molecule has 1 aliphatic carbocycles. The smallest absolute Gasteiger partial charge is 0.0672 e. The molecule has 1 heterocycles. The average Bonchev–Trinajstić information content (AvgIpc) is 2.67. The largest absolute Gasteiger partial charge is 0.346 e. The van der Waals surface area contributed by atoms with E-state index >= 15 is 0 Å². The number of halogens is 1. The predicted molar refractivity (Wildman–Crippen MR) is 77.1 cm³/mol. The van der Waals surface area contributed by atoms with Gasteiger partial charge in [-0.05, 0) is 31.4 Å². The van der Waals surface area contributed by atoms with Crippen LogP contribution in [0, 0.1) is 0 Å². The molecular weight excluding hydrogens is 244 g/mol. The second kappa shape index (κ2) is 4.94. The third-order valence-corrected chi connectivity index (χ3v) is 4.26. The van der Waals surface area contributed by atoms with E-state index < -0.39 is 0 Å². The topological polar surface area (TPSA) is 17.0 Å². The number of nitrogens with one attached hydrogen (secondary N) is 1. The zero-order valence-electron chi connectivity index (χ0n) is 10.7. The first kappa shape index (κ1) is 12.1. The molecule has 1 aliphatic rings. The van der Waals surface area contributed by atoms with Gasteiger partial charge in [-0.25, -0.2) is 0 Å². The van der Waals surface area contributed by atoms with E-state index in [2.05, 4.69) is 29.1 Å². The first-order chi connectivity index (χ1) is 8.79. The van der Waals surface area contributed by atoms with E-state index in [1.54, 1.807) is 0 Å². The number of rotatable bonds is 4. The quantitative estimate of drug-likeness (QED) is 0.883. The molecule has 1 N–H and O–H groups in total. The second-order valence-electron chi connectivity index (χ2n) is 5.09. The van der Waals surface area contributed by atoms with Crippen molar-refractivity contribution in [3.05, 3.63) is 35.0 Å². The Morgan fingerprint density at radius 2 is 2.22 bits per heavy atom. The minimum absolute atomic E-state index is 0.726. The number of aromatic nitrogens is 1. The van der Waals surface area contributed by atoms with Gasteiger partial charge < -0.3 is 9.88 Å². The normalized spacial score (nSPS) is 16.1. The summed E-state index contributed by atoms with van der Waals surface area (Å²) in [6.07, 6.45) is 6.27. The highest BCUT2D eigenvalue weighted by Crippen LogP contribution is 2.28. The number of fused-ring (bicyclic) bond motifs is 1. The van der Waals surface area contributed by atoms with Crippen molar-refractivity contribution in [2.24, 2.45) is 0 Å². The molecule has 0 radical (unpaired) electrons. The van der Waals surface area contributed by atoms with Gasteiger partial charge >= 0.3 is 0 Å². The Morgan fingerprint density at radius 1 is 1.39 bits per heavy atom. The number of hydrogen-bond acceptors (Lipinski definition) is 1. The maximum atomic E-state index is 6.31. The van der Waals surface area contributed by atoms with Crippen molar-refractivity contribution < 1.29 is 0 Å². The van der Waals surface area contributed by atoms with E-state index in [0.717, 1.165) is 24.2 Å². The standard InChI is InChI=1S/C15H19ClN2/c1-2-18-10-11(9-17-12-5-3-6-12)13-7-4-8-14(16)15(13)18/h4,7-8,10,12,17H,2-3,5-6,9H2,1H3. The summed E-state index contributed by atoms with van der Waals surface area (Å²) < 4.78 is 2.25. The Labute approximate surface area is 113 Å². The highest BCUT2D eigenvalue weighted by molar-refractivity contribution is 6.35. The molecule has 1 fully saturated rings. The fourth-order valence-electron chi connectivity index (χ4n) is 2.65. The second-order valence-corrected chi connectivity index (χ2v) is 5.49. The monoisotopic (exact) mass is 262 g/mol. The molecule has 1 aromatic heterocycles. The van der Waals surface area contributed by atoms with Crippen molar-refractivity contribution >= 4 is 22.5 Å². The molecule has 0 aliphatic heterocycles. The Kier molecular flexibility index (Phi) is 3.31. The molecule has 2 aromatic rings. The predicted octanol–water partition coefficient (Wildman–Crippen LogP) is 3.96. The lowest BCUT2D eigenvalue weighted by Gasteiger charge is -2.26. The highest BCUT2D eigenvalue weighted by atomic mass is 35.5. The van der Waals surface area contributed by atoms with E-state index in [1.807, 2.05) is 12.1 Å². The summed E-state index contributed by atoms with van der Waals surface area (Å²) >= 11 is 6.31. The molecule has 0 unspecified atom stereocenters. The maximum Gasteiger partial charge on any atom is 0.0672 e. The summed E-state index contributed by atoms with van der Waals surface area (Å²) in [7, 11) is 0. The van der Waals surface area contributed by atoms with Crippen molar-refractivity contribution in [2.45, 2.75) is 45.3 Å². The zero-order valence-corrected chi connectivity index (χ0v) is 11.5. The van der Waals surface area contributed by atoms with Crippen molar-refractivity contribution in [2.75, 3.05) is 0 Å². The van der Waals surface area contributed by atoms with Crippen LogP contribution in [0.3, 0.4) is 0 Å². The third-order valence-electron chi connectivity index (χ3n) is 3.96. The van der Waals surface area contributed by atoms with Crippen LogP contribution in [0.5, 0.6) is 0 Å². The van der Waals surface area contributed by atoms with Gasteiger partial charge in [0, 0.05) is 30.7 Å². The summed E-state index contributed by atoms with van der Waals surface area (Å²) in [4.78, 5) is 0. The van der Waals surface area contributed by atoms with E-state index in [4.69, 9.17) is 11.6 Å². The zero-order chi connectivity index (χ0) is 12.5. The Bertz CT molecular complexity index is 555. The van der Waals surface area contributed by atoms with Gasteiger partial charge in [0.15, 0.2) is 0 Å². The first-order valence-electron chi connectivity index (χ1n) is 6.79. The van der Waals surface area contributed by atoms with Gasteiger partial charge in [-0.2, -0.15) is 0 Å². The van der Waals surface area contributed by atoms with Crippen LogP contribution in [0.2, 0.25) is 5.02 Å². The summed E-state index contributed by atoms with van der Waals surface area (Å²) in [5, 5.41) is 5.77. The molecule has 0 amide bonds. The van der Waals surface area contributed by atoms with Crippen LogP contribution >= 0.6 is 11.6 Å². The minimum Gasteiger partial charge on any atom is -0.346 e. The lowest BCUT2D eigenvalue weighted by Crippen LogP contribution is -2.34. The Morgan fingerprint density at radius 3 is 2.89 bits per heavy atom. The molecule has 2 nitrogen and oxygen atoms in total. The minimum atomic E-state index is 0.726.